The van der Waals surface area contributed by atoms with Gasteiger partial charge in [0.15, 0.2) is 5.78 Å². The van der Waals surface area contributed by atoms with Crippen molar-refractivity contribution in [2.45, 2.75) is 25.7 Å². The Hall–Kier alpha value is -1.61. The van der Waals surface area contributed by atoms with Crippen LogP contribution in [0.1, 0.15) is 36.0 Å². The van der Waals surface area contributed by atoms with E-state index in [1.54, 1.807) is 0 Å². The van der Waals surface area contributed by atoms with Crippen LogP contribution in [0.4, 0.5) is 0 Å². The molecular weight excluding hydrogens is 248 g/mol. The molecule has 106 valence electrons. The highest BCUT2D eigenvalue weighted by Crippen LogP contribution is 2.24. The van der Waals surface area contributed by atoms with E-state index in [1.807, 2.05) is 36.0 Å². The van der Waals surface area contributed by atoms with Crippen molar-refractivity contribution in [2.75, 3.05) is 13.1 Å². The Morgan fingerprint density at radius 1 is 1.30 bits per heavy atom. The molecule has 0 unspecified atom stereocenters. The summed E-state index contributed by atoms with van der Waals surface area (Å²) in [5.41, 5.74) is 2.02. The monoisotopic (exact) mass is 270 g/mol. The van der Waals surface area contributed by atoms with Gasteiger partial charge in [0, 0.05) is 36.1 Å². The molecule has 0 atom stereocenters. The topological polar surface area (TPSA) is 34.0 Å². The zero-order valence-corrected chi connectivity index (χ0v) is 12.1. The smallest absolute Gasteiger partial charge is 0.165 e. The van der Waals surface area contributed by atoms with Crippen molar-refractivity contribution < 1.29 is 4.79 Å². The van der Waals surface area contributed by atoms with Gasteiger partial charge in [0.05, 0.1) is 0 Å². The molecule has 1 aliphatic rings. The molecule has 0 spiro atoms. The maximum Gasteiger partial charge on any atom is 0.165 e. The minimum Gasteiger partial charge on any atom is -0.350 e. The van der Waals surface area contributed by atoms with Crippen molar-refractivity contribution in [3.8, 4) is 0 Å². The van der Waals surface area contributed by atoms with Crippen LogP contribution in [-0.2, 0) is 7.05 Å². The number of ketones is 1. The lowest BCUT2D eigenvalue weighted by atomic mass is 9.91. The summed E-state index contributed by atoms with van der Waals surface area (Å²) in [5, 5.41) is 4.46. The lowest BCUT2D eigenvalue weighted by Crippen LogP contribution is -2.27. The Kier molecular flexibility index (Phi) is 3.88. The summed E-state index contributed by atoms with van der Waals surface area (Å²) in [5.74, 6) is 1.01. The molecule has 2 heterocycles. The van der Waals surface area contributed by atoms with Gasteiger partial charge in [0.2, 0.25) is 0 Å². The van der Waals surface area contributed by atoms with Gasteiger partial charge in [0.1, 0.15) is 0 Å². The minimum absolute atomic E-state index is 0.292. The normalized spacial score (nSPS) is 16.6. The summed E-state index contributed by atoms with van der Waals surface area (Å²) < 4.78 is 2.05. The highest BCUT2D eigenvalue weighted by molar-refractivity contribution is 6.08. The van der Waals surface area contributed by atoms with Gasteiger partial charge in [-0.1, -0.05) is 18.2 Å². The zero-order valence-electron chi connectivity index (χ0n) is 12.1. The maximum atomic E-state index is 12.5. The van der Waals surface area contributed by atoms with Crippen molar-refractivity contribution in [3.05, 3.63) is 36.0 Å². The standard InChI is InChI=1S/C17H22N2O/c1-19-12-15(14-4-2-3-5-16(14)19)17(20)7-6-13-8-10-18-11-9-13/h2-5,12-13,18H,6-11H2,1H3. The van der Waals surface area contributed by atoms with E-state index in [4.69, 9.17) is 0 Å². The van der Waals surface area contributed by atoms with E-state index < -0.39 is 0 Å². The van der Waals surface area contributed by atoms with Gasteiger partial charge in [-0.15, -0.1) is 0 Å². The van der Waals surface area contributed by atoms with E-state index in [2.05, 4.69) is 11.4 Å². The first-order valence-corrected chi connectivity index (χ1v) is 7.53. The average Bonchev–Trinajstić information content (AvgIpc) is 2.84. The summed E-state index contributed by atoms with van der Waals surface area (Å²) >= 11 is 0. The number of hydrogen-bond donors (Lipinski definition) is 1. The van der Waals surface area contributed by atoms with Crippen molar-refractivity contribution in [3.63, 3.8) is 0 Å². The third kappa shape index (κ3) is 2.63. The fourth-order valence-corrected chi connectivity index (χ4v) is 3.20. The molecule has 3 nitrogen and oxygen atoms in total. The highest BCUT2D eigenvalue weighted by atomic mass is 16.1. The van der Waals surface area contributed by atoms with Crippen LogP contribution in [0.2, 0.25) is 0 Å². The predicted octanol–water partition coefficient (Wildman–Crippen LogP) is 3.14. The number of rotatable bonds is 4. The van der Waals surface area contributed by atoms with Gasteiger partial charge < -0.3 is 9.88 Å². The molecule has 1 aliphatic heterocycles. The van der Waals surface area contributed by atoms with Crippen LogP contribution >= 0.6 is 0 Å². The Morgan fingerprint density at radius 2 is 2.05 bits per heavy atom. The van der Waals surface area contributed by atoms with Crippen LogP contribution in [0, 0.1) is 5.92 Å². The minimum atomic E-state index is 0.292. The number of aromatic nitrogens is 1. The Bertz CT molecular complexity index is 608. The maximum absolute atomic E-state index is 12.5. The zero-order chi connectivity index (χ0) is 13.9. The quantitative estimate of drug-likeness (QED) is 0.866. The molecule has 1 saturated heterocycles. The largest absolute Gasteiger partial charge is 0.350 e. The summed E-state index contributed by atoms with van der Waals surface area (Å²) in [6.45, 7) is 2.21. The van der Waals surface area contributed by atoms with Crippen molar-refractivity contribution in [2.24, 2.45) is 13.0 Å². The second kappa shape index (κ2) is 5.80. The van der Waals surface area contributed by atoms with Crippen molar-refractivity contribution in [1.82, 2.24) is 9.88 Å². The van der Waals surface area contributed by atoms with Gasteiger partial charge in [-0.05, 0) is 44.3 Å². The number of carbonyl (C=O) groups excluding carboxylic acids is 1. The Morgan fingerprint density at radius 3 is 2.85 bits per heavy atom. The number of nitrogens with zero attached hydrogens (tertiary/aromatic N) is 1. The average molecular weight is 270 g/mol. The van der Waals surface area contributed by atoms with Crippen LogP contribution in [0.5, 0.6) is 0 Å². The lowest BCUT2D eigenvalue weighted by molar-refractivity contribution is 0.0972. The van der Waals surface area contributed by atoms with E-state index >= 15 is 0 Å². The summed E-state index contributed by atoms with van der Waals surface area (Å²) in [6, 6.07) is 8.14. The van der Waals surface area contributed by atoms with E-state index in [0.717, 1.165) is 41.9 Å². The van der Waals surface area contributed by atoms with Crippen LogP contribution < -0.4 is 5.32 Å². The third-order valence-electron chi connectivity index (χ3n) is 4.44. The molecule has 0 radical (unpaired) electrons. The molecule has 1 aromatic heterocycles. The molecule has 0 bridgehead atoms. The molecule has 0 amide bonds. The number of aryl methyl sites for hydroxylation is 1. The number of hydrogen-bond acceptors (Lipinski definition) is 2. The van der Waals surface area contributed by atoms with Crippen LogP contribution in [0.25, 0.3) is 10.9 Å². The van der Waals surface area contributed by atoms with Crippen molar-refractivity contribution >= 4 is 16.7 Å². The van der Waals surface area contributed by atoms with E-state index in [9.17, 15) is 4.79 Å². The Balaban J connectivity index is 1.72. The molecule has 1 aromatic carbocycles. The molecule has 20 heavy (non-hydrogen) atoms. The second-order valence-corrected chi connectivity index (χ2v) is 5.83. The van der Waals surface area contributed by atoms with Gasteiger partial charge in [0.25, 0.3) is 0 Å². The SMILES string of the molecule is Cn1cc(C(=O)CCC2CCNCC2)c2ccccc21. The first-order valence-electron chi connectivity index (χ1n) is 7.53. The number of Topliss-reactive ketones (excluding diaryl/α,β-unsaturated/α-hetero) is 1. The molecular formula is C17H22N2O. The van der Waals surface area contributed by atoms with Crippen LogP contribution in [0.15, 0.2) is 30.5 Å². The molecule has 2 aromatic rings. The molecule has 0 saturated carbocycles. The van der Waals surface area contributed by atoms with Crippen molar-refractivity contribution in [1.29, 1.82) is 0 Å². The number of nitrogens with one attached hydrogen (secondary N) is 1. The molecule has 1 N–H and O–H groups in total. The first kappa shape index (κ1) is 13.4. The summed E-state index contributed by atoms with van der Waals surface area (Å²) in [7, 11) is 2.01. The Labute approximate surface area is 120 Å². The van der Waals surface area contributed by atoms with Crippen LogP contribution in [0.3, 0.4) is 0 Å². The number of benzene rings is 1. The van der Waals surface area contributed by atoms with Gasteiger partial charge in [-0.3, -0.25) is 4.79 Å². The molecule has 1 fully saturated rings. The van der Waals surface area contributed by atoms with E-state index in [0.29, 0.717) is 12.2 Å². The second-order valence-electron chi connectivity index (χ2n) is 5.83. The van der Waals surface area contributed by atoms with Gasteiger partial charge in [-0.2, -0.15) is 0 Å². The molecule has 0 aliphatic carbocycles. The predicted molar refractivity (Wildman–Crippen MR) is 82.1 cm³/mol. The molecule has 3 heteroatoms. The number of carbonyl (C=O) groups is 1. The fourth-order valence-electron chi connectivity index (χ4n) is 3.20. The van der Waals surface area contributed by atoms with E-state index in [-0.39, 0.29) is 0 Å². The van der Waals surface area contributed by atoms with Gasteiger partial charge >= 0.3 is 0 Å². The number of para-hydroxylation sites is 1. The highest BCUT2D eigenvalue weighted by Gasteiger charge is 2.17. The summed E-state index contributed by atoms with van der Waals surface area (Å²) in [6.07, 6.45) is 6.11. The number of piperidine rings is 1. The third-order valence-corrected chi connectivity index (χ3v) is 4.44. The molecule has 3 rings (SSSR count). The van der Waals surface area contributed by atoms with E-state index in [1.165, 1.54) is 12.8 Å². The first-order chi connectivity index (χ1) is 9.75. The van der Waals surface area contributed by atoms with Crippen LogP contribution in [-0.4, -0.2) is 23.4 Å². The number of fused-ring (bicyclic) bond motifs is 1. The van der Waals surface area contributed by atoms with Gasteiger partial charge in [-0.25, -0.2) is 0 Å². The summed E-state index contributed by atoms with van der Waals surface area (Å²) in [4.78, 5) is 12.5. The lowest BCUT2D eigenvalue weighted by Gasteiger charge is -2.21. The fraction of sp³-hybridized carbons (Fsp3) is 0.471.